The summed E-state index contributed by atoms with van der Waals surface area (Å²) in [6.45, 7) is 3.98. The lowest BCUT2D eigenvalue weighted by atomic mass is 10.1. The fourth-order valence-corrected chi connectivity index (χ4v) is 5.37. The van der Waals surface area contributed by atoms with Gasteiger partial charge in [-0.15, -0.1) is 23.1 Å². The summed E-state index contributed by atoms with van der Waals surface area (Å²) in [5, 5.41) is 1.12. The van der Waals surface area contributed by atoms with Crippen LogP contribution in [-0.2, 0) is 4.74 Å². The van der Waals surface area contributed by atoms with Crippen molar-refractivity contribution in [3.63, 3.8) is 0 Å². The molecule has 2 heterocycles. The van der Waals surface area contributed by atoms with E-state index in [0.29, 0.717) is 10.5 Å². The smallest absolute Gasteiger partial charge is 0.0701 e. The highest BCUT2D eigenvalue weighted by Crippen LogP contribution is 2.42. The topological polar surface area (TPSA) is 35.2 Å². The summed E-state index contributed by atoms with van der Waals surface area (Å²) in [6.07, 6.45) is 3.34. The van der Waals surface area contributed by atoms with Gasteiger partial charge in [0.2, 0.25) is 0 Å². The highest BCUT2D eigenvalue weighted by Gasteiger charge is 2.26. The van der Waals surface area contributed by atoms with Gasteiger partial charge >= 0.3 is 0 Å². The maximum atomic E-state index is 6.31. The molecule has 2 rings (SSSR count). The average molecular weight is 350 g/mol. The van der Waals surface area contributed by atoms with Crippen LogP contribution in [0, 0.1) is 0 Å². The summed E-state index contributed by atoms with van der Waals surface area (Å²) in [5.74, 6) is 0. The van der Waals surface area contributed by atoms with Crippen LogP contribution in [0.25, 0.3) is 0 Å². The van der Waals surface area contributed by atoms with E-state index in [1.54, 1.807) is 0 Å². The Kier molecular flexibility index (Phi) is 6.01. The molecule has 5 heteroatoms. The maximum Gasteiger partial charge on any atom is 0.0701 e. The largest absolute Gasteiger partial charge is 0.381 e. The van der Waals surface area contributed by atoms with Crippen LogP contribution in [0.4, 0.5) is 0 Å². The predicted molar refractivity (Wildman–Crippen MR) is 84.5 cm³/mol. The lowest BCUT2D eigenvalue weighted by molar-refractivity contribution is 0.0999. The molecule has 0 aliphatic carbocycles. The first-order chi connectivity index (χ1) is 8.70. The highest BCUT2D eigenvalue weighted by atomic mass is 79.9. The Morgan fingerprint density at radius 2 is 2.22 bits per heavy atom. The van der Waals surface area contributed by atoms with Gasteiger partial charge in [-0.2, -0.15) is 0 Å². The molecule has 2 atom stereocenters. The summed E-state index contributed by atoms with van der Waals surface area (Å²) in [5.41, 5.74) is 6.31. The van der Waals surface area contributed by atoms with Crippen molar-refractivity contribution >= 4 is 39.0 Å². The van der Waals surface area contributed by atoms with Crippen LogP contribution in [0.15, 0.2) is 15.9 Å². The monoisotopic (exact) mass is 349 g/mol. The quantitative estimate of drug-likeness (QED) is 0.864. The summed E-state index contributed by atoms with van der Waals surface area (Å²) in [4.78, 5) is 1.40. The third-order valence-electron chi connectivity index (χ3n) is 3.24. The van der Waals surface area contributed by atoms with E-state index in [1.165, 1.54) is 8.66 Å². The summed E-state index contributed by atoms with van der Waals surface area (Å²) in [7, 11) is 0. The molecule has 0 amide bonds. The van der Waals surface area contributed by atoms with Gasteiger partial charge < -0.3 is 10.5 Å². The van der Waals surface area contributed by atoms with Crippen LogP contribution in [0.3, 0.4) is 0 Å². The fraction of sp³-hybridized carbons (Fsp3) is 0.692. The Balaban J connectivity index is 2.04. The second-order valence-corrected chi connectivity index (χ2v) is 8.52. The van der Waals surface area contributed by atoms with Crippen molar-refractivity contribution in [3.05, 3.63) is 20.8 Å². The van der Waals surface area contributed by atoms with E-state index in [1.807, 2.05) is 23.1 Å². The van der Waals surface area contributed by atoms with Crippen LogP contribution in [0.2, 0.25) is 0 Å². The molecule has 0 radical (unpaired) electrons. The van der Waals surface area contributed by atoms with Crippen LogP contribution in [0.1, 0.15) is 36.3 Å². The van der Waals surface area contributed by atoms with Crippen LogP contribution in [-0.4, -0.2) is 24.5 Å². The third kappa shape index (κ3) is 3.97. The van der Waals surface area contributed by atoms with Gasteiger partial charge in [0.15, 0.2) is 0 Å². The molecule has 1 aliphatic rings. The molecule has 1 aromatic rings. The average Bonchev–Trinajstić information content (AvgIpc) is 2.83. The van der Waals surface area contributed by atoms with E-state index in [0.717, 1.165) is 32.5 Å². The normalized spacial score (nSPS) is 20.8. The molecule has 1 fully saturated rings. The summed E-state index contributed by atoms with van der Waals surface area (Å²) >= 11 is 7.41. The van der Waals surface area contributed by atoms with E-state index in [4.69, 9.17) is 10.5 Å². The Labute approximate surface area is 126 Å². The van der Waals surface area contributed by atoms with Gasteiger partial charge in [-0.05, 0) is 47.3 Å². The molecule has 1 aromatic heterocycles. The van der Waals surface area contributed by atoms with Gasteiger partial charge in [0.05, 0.1) is 9.04 Å². The number of hydrogen-bond donors (Lipinski definition) is 1. The molecule has 2 N–H and O–H groups in total. The minimum Gasteiger partial charge on any atom is -0.381 e. The van der Waals surface area contributed by atoms with Crippen molar-refractivity contribution in [2.24, 2.45) is 5.73 Å². The molecule has 18 heavy (non-hydrogen) atoms. The van der Waals surface area contributed by atoms with Crippen LogP contribution < -0.4 is 5.73 Å². The Bertz CT molecular complexity index is 366. The first-order valence-electron chi connectivity index (χ1n) is 6.44. The Morgan fingerprint density at radius 1 is 1.50 bits per heavy atom. The Hall–Kier alpha value is 0.450. The molecule has 0 spiro atoms. The predicted octanol–water partition coefficient (Wildman–Crippen LogP) is 4.20. The number of thiophene rings is 1. The molecule has 0 saturated carbocycles. The summed E-state index contributed by atoms with van der Waals surface area (Å²) in [6, 6.07) is 4.57. The van der Waals surface area contributed by atoms with Gasteiger partial charge in [0.1, 0.15) is 0 Å². The molecule has 2 unspecified atom stereocenters. The van der Waals surface area contributed by atoms with Crippen molar-refractivity contribution in [2.45, 2.75) is 42.7 Å². The van der Waals surface area contributed by atoms with Crippen molar-refractivity contribution in [1.29, 1.82) is 0 Å². The standard InChI is InChI=1S/C13H20BrNOS2/c1-2-10(15)13(11-3-4-12(14)18-11)17-9-5-7-16-8-6-9/h3-4,9-10,13H,2,5-8,15H2,1H3. The molecule has 1 aliphatic heterocycles. The van der Waals surface area contributed by atoms with Gasteiger partial charge in [-0.3, -0.25) is 0 Å². The molecule has 0 bridgehead atoms. The Morgan fingerprint density at radius 3 is 2.78 bits per heavy atom. The lowest BCUT2D eigenvalue weighted by Gasteiger charge is -2.28. The zero-order valence-electron chi connectivity index (χ0n) is 10.6. The van der Waals surface area contributed by atoms with Crippen molar-refractivity contribution in [3.8, 4) is 0 Å². The van der Waals surface area contributed by atoms with Crippen LogP contribution >= 0.6 is 39.0 Å². The molecule has 1 saturated heterocycles. The first kappa shape index (κ1) is 14.9. The number of rotatable bonds is 5. The third-order valence-corrected chi connectivity index (χ3v) is 6.85. The SMILES string of the molecule is CCC(N)C(SC1CCOCC1)c1ccc(Br)s1. The maximum absolute atomic E-state index is 6.31. The second kappa shape index (κ2) is 7.29. The fourth-order valence-electron chi connectivity index (χ4n) is 2.09. The van der Waals surface area contributed by atoms with Gasteiger partial charge in [0.25, 0.3) is 0 Å². The van der Waals surface area contributed by atoms with Gasteiger partial charge in [0, 0.05) is 29.4 Å². The molecule has 0 aromatic carbocycles. The number of ether oxygens (including phenoxy) is 1. The second-order valence-electron chi connectivity index (χ2n) is 4.58. The van der Waals surface area contributed by atoms with E-state index >= 15 is 0 Å². The number of hydrogen-bond acceptors (Lipinski definition) is 4. The molecule has 2 nitrogen and oxygen atoms in total. The van der Waals surface area contributed by atoms with E-state index in [-0.39, 0.29) is 6.04 Å². The number of thioether (sulfide) groups is 1. The minimum atomic E-state index is 0.239. The molecular weight excluding hydrogens is 330 g/mol. The number of nitrogens with two attached hydrogens (primary N) is 1. The molecular formula is C13H20BrNOS2. The zero-order valence-corrected chi connectivity index (χ0v) is 13.8. The van der Waals surface area contributed by atoms with Crippen molar-refractivity contribution < 1.29 is 4.74 Å². The van der Waals surface area contributed by atoms with Gasteiger partial charge in [-0.25, -0.2) is 0 Å². The molecule has 102 valence electrons. The number of halogens is 1. The van der Waals surface area contributed by atoms with Crippen LogP contribution in [0.5, 0.6) is 0 Å². The van der Waals surface area contributed by atoms with Gasteiger partial charge in [-0.1, -0.05) is 6.92 Å². The first-order valence-corrected chi connectivity index (χ1v) is 9.00. The zero-order chi connectivity index (χ0) is 13.0. The van der Waals surface area contributed by atoms with E-state index in [9.17, 15) is 0 Å². The van der Waals surface area contributed by atoms with E-state index < -0.39 is 0 Å². The minimum absolute atomic E-state index is 0.239. The summed E-state index contributed by atoms with van der Waals surface area (Å²) < 4.78 is 6.62. The van der Waals surface area contributed by atoms with E-state index in [2.05, 4.69) is 35.0 Å². The van der Waals surface area contributed by atoms with Crippen molar-refractivity contribution in [1.82, 2.24) is 0 Å². The highest BCUT2D eigenvalue weighted by molar-refractivity contribution is 9.11. The lowest BCUT2D eigenvalue weighted by Crippen LogP contribution is -2.28. The van der Waals surface area contributed by atoms with Crippen molar-refractivity contribution in [2.75, 3.05) is 13.2 Å².